The molecular formula is C12H13ClFN3O3S. The molecule has 0 N–H and O–H groups in total. The minimum atomic E-state index is -3.96. The third-order valence-electron chi connectivity index (χ3n) is 2.67. The quantitative estimate of drug-likeness (QED) is 0.758. The maximum Gasteiger partial charge on any atom is 0.261 e. The van der Waals surface area contributed by atoms with E-state index < -0.39 is 14.9 Å². The van der Waals surface area contributed by atoms with E-state index in [1.807, 2.05) is 6.92 Å². The monoisotopic (exact) mass is 333 g/mol. The van der Waals surface area contributed by atoms with Crippen LogP contribution in [0.3, 0.4) is 0 Å². The van der Waals surface area contributed by atoms with Gasteiger partial charge in [-0.15, -0.1) is 0 Å². The minimum absolute atomic E-state index is 0.0316. The first-order valence-corrected chi connectivity index (χ1v) is 8.46. The number of rotatable bonds is 6. The standard InChI is InChI=1S/C12H13ClFN3O3S/c1-2-5-17-12(15-8-16-17)7-20-11-4-3-9(6-10(11)14)21(13,18)19/h3-4,6,8H,2,5,7H2,1H3. The number of aryl methyl sites for hydroxylation is 1. The summed E-state index contributed by atoms with van der Waals surface area (Å²) >= 11 is 0. The lowest BCUT2D eigenvalue weighted by Gasteiger charge is -2.08. The highest BCUT2D eigenvalue weighted by Crippen LogP contribution is 2.23. The van der Waals surface area contributed by atoms with Crippen molar-refractivity contribution in [2.45, 2.75) is 31.4 Å². The Bertz CT molecular complexity index is 733. The van der Waals surface area contributed by atoms with E-state index in [0.717, 1.165) is 12.5 Å². The molecule has 0 spiro atoms. The van der Waals surface area contributed by atoms with E-state index in [0.29, 0.717) is 12.4 Å². The van der Waals surface area contributed by atoms with Gasteiger partial charge in [-0.25, -0.2) is 22.5 Å². The number of benzene rings is 1. The summed E-state index contributed by atoms with van der Waals surface area (Å²) < 4.78 is 42.9. The molecule has 2 aromatic rings. The van der Waals surface area contributed by atoms with E-state index in [-0.39, 0.29) is 17.3 Å². The molecule has 0 aliphatic carbocycles. The molecule has 114 valence electrons. The zero-order valence-corrected chi connectivity index (χ0v) is 12.7. The highest BCUT2D eigenvalue weighted by molar-refractivity contribution is 8.13. The van der Waals surface area contributed by atoms with Gasteiger partial charge in [0.25, 0.3) is 9.05 Å². The minimum Gasteiger partial charge on any atom is -0.483 e. The maximum absolute atomic E-state index is 13.8. The lowest BCUT2D eigenvalue weighted by atomic mass is 10.3. The molecule has 0 fully saturated rings. The molecule has 1 aromatic heterocycles. The first-order valence-electron chi connectivity index (χ1n) is 6.15. The molecule has 0 atom stereocenters. The molecule has 21 heavy (non-hydrogen) atoms. The lowest BCUT2D eigenvalue weighted by Crippen LogP contribution is -2.09. The Hall–Kier alpha value is -1.67. The Morgan fingerprint density at radius 3 is 2.81 bits per heavy atom. The fraction of sp³-hybridized carbons (Fsp3) is 0.333. The fourth-order valence-electron chi connectivity index (χ4n) is 1.69. The smallest absolute Gasteiger partial charge is 0.261 e. The summed E-state index contributed by atoms with van der Waals surface area (Å²) in [4.78, 5) is 3.71. The number of ether oxygens (including phenoxy) is 1. The summed E-state index contributed by atoms with van der Waals surface area (Å²) in [6.45, 7) is 2.71. The Labute approximate surface area is 125 Å². The lowest BCUT2D eigenvalue weighted by molar-refractivity contribution is 0.272. The van der Waals surface area contributed by atoms with Crippen molar-refractivity contribution in [3.63, 3.8) is 0 Å². The fourth-order valence-corrected chi connectivity index (χ4v) is 2.45. The predicted molar refractivity (Wildman–Crippen MR) is 74.1 cm³/mol. The summed E-state index contributed by atoms with van der Waals surface area (Å²) in [7, 11) is 1.18. The molecule has 0 bridgehead atoms. The van der Waals surface area contributed by atoms with Crippen LogP contribution in [0, 0.1) is 5.82 Å². The SMILES string of the molecule is CCCn1ncnc1COc1ccc(S(=O)(=O)Cl)cc1F. The van der Waals surface area contributed by atoms with Gasteiger partial charge >= 0.3 is 0 Å². The van der Waals surface area contributed by atoms with E-state index in [1.165, 1.54) is 18.5 Å². The Balaban J connectivity index is 2.12. The van der Waals surface area contributed by atoms with Crippen molar-refractivity contribution in [1.29, 1.82) is 0 Å². The number of nitrogens with zero attached hydrogens (tertiary/aromatic N) is 3. The van der Waals surface area contributed by atoms with Gasteiger partial charge in [0.05, 0.1) is 4.90 Å². The zero-order chi connectivity index (χ0) is 15.5. The molecule has 6 nitrogen and oxygen atoms in total. The second kappa shape index (κ2) is 6.40. The first-order chi connectivity index (χ1) is 9.91. The summed E-state index contributed by atoms with van der Waals surface area (Å²) in [5, 5.41) is 4.02. The van der Waals surface area contributed by atoms with Gasteiger partial charge in [-0.1, -0.05) is 6.92 Å². The van der Waals surface area contributed by atoms with Crippen LogP contribution in [-0.2, 0) is 22.2 Å². The molecule has 0 unspecified atom stereocenters. The van der Waals surface area contributed by atoms with Gasteiger partial charge in [-0.2, -0.15) is 5.10 Å². The van der Waals surface area contributed by atoms with Gasteiger partial charge in [0.15, 0.2) is 17.4 Å². The number of halogens is 2. The van der Waals surface area contributed by atoms with Gasteiger partial charge in [0.1, 0.15) is 12.9 Å². The molecule has 0 saturated carbocycles. The highest BCUT2D eigenvalue weighted by Gasteiger charge is 2.14. The molecule has 0 amide bonds. The van der Waals surface area contributed by atoms with Crippen LogP contribution in [0.15, 0.2) is 29.4 Å². The highest BCUT2D eigenvalue weighted by atomic mass is 35.7. The van der Waals surface area contributed by atoms with Crippen LogP contribution in [0.2, 0.25) is 0 Å². The average molecular weight is 334 g/mol. The Morgan fingerprint density at radius 1 is 1.43 bits per heavy atom. The van der Waals surface area contributed by atoms with Gasteiger partial charge in [0, 0.05) is 17.2 Å². The van der Waals surface area contributed by atoms with Crippen molar-refractivity contribution in [2.24, 2.45) is 0 Å². The van der Waals surface area contributed by atoms with Gasteiger partial charge < -0.3 is 4.74 Å². The zero-order valence-electron chi connectivity index (χ0n) is 11.2. The second-order valence-corrected chi connectivity index (χ2v) is 6.78. The van der Waals surface area contributed by atoms with Crippen molar-refractivity contribution >= 4 is 19.7 Å². The molecular weight excluding hydrogens is 321 g/mol. The number of aromatic nitrogens is 3. The first kappa shape index (κ1) is 15.7. The molecule has 0 aliphatic rings. The van der Waals surface area contributed by atoms with Gasteiger partial charge in [0.2, 0.25) is 0 Å². The van der Waals surface area contributed by atoms with Crippen LogP contribution in [0.5, 0.6) is 5.75 Å². The van der Waals surface area contributed by atoms with Gasteiger partial charge in [-0.05, 0) is 24.6 Å². The topological polar surface area (TPSA) is 74.1 Å². The van der Waals surface area contributed by atoms with Crippen LogP contribution in [0.1, 0.15) is 19.2 Å². The third kappa shape index (κ3) is 3.92. The number of hydrogen-bond donors (Lipinski definition) is 0. The number of hydrogen-bond acceptors (Lipinski definition) is 5. The van der Waals surface area contributed by atoms with E-state index in [9.17, 15) is 12.8 Å². The third-order valence-corrected chi connectivity index (χ3v) is 4.02. The van der Waals surface area contributed by atoms with Crippen LogP contribution < -0.4 is 4.74 Å². The molecule has 1 heterocycles. The molecule has 0 aliphatic heterocycles. The predicted octanol–water partition coefficient (Wildman–Crippen LogP) is 2.33. The Kier molecular flexibility index (Phi) is 4.79. The molecule has 9 heteroatoms. The summed E-state index contributed by atoms with van der Waals surface area (Å²) in [6, 6.07) is 3.21. The van der Waals surface area contributed by atoms with Crippen molar-refractivity contribution < 1.29 is 17.5 Å². The van der Waals surface area contributed by atoms with E-state index in [1.54, 1.807) is 4.68 Å². The van der Waals surface area contributed by atoms with Crippen molar-refractivity contribution in [1.82, 2.24) is 14.8 Å². The van der Waals surface area contributed by atoms with Crippen LogP contribution in [-0.4, -0.2) is 23.2 Å². The van der Waals surface area contributed by atoms with Crippen LogP contribution in [0.25, 0.3) is 0 Å². The summed E-state index contributed by atoms with van der Waals surface area (Å²) in [5.74, 6) is -0.325. The second-order valence-electron chi connectivity index (χ2n) is 4.22. The summed E-state index contributed by atoms with van der Waals surface area (Å²) in [5.41, 5.74) is 0. The van der Waals surface area contributed by atoms with E-state index in [4.69, 9.17) is 15.4 Å². The maximum atomic E-state index is 13.8. The molecule has 2 rings (SSSR count). The van der Waals surface area contributed by atoms with E-state index in [2.05, 4.69) is 10.1 Å². The van der Waals surface area contributed by atoms with Crippen molar-refractivity contribution in [3.8, 4) is 5.75 Å². The Morgan fingerprint density at radius 2 is 2.19 bits per heavy atom. The molecule has 0 radical (unpaired) electrons. The van der Waals surface area contributed by atoms with Crippen molar-refractivity contribution in [3.05, 3.63) is 36.2 Å². The normalized spacial score (nSPS) is 11.6. The van der Waals surface area contributed by atoms with Gasteiger partial charge in [-0.3, -0.25) is 0 Å². The average Bonchev–Trinajstić information content (AvgIpc) is 2.84. The molecule has 1 aromatic carbocycles. The molecule has 0 saturated heterocycles. The van der Waals surface area contributed by atoms with Crippen LogP contribution in [0.4, 0.5) is 4.39 Å². The largest absolute Gasteiger partial charge is 0.483 e. The van der Waals surface area contributed by atoms with Crippen LogP contribution >= 0.6 is 10.7 Å². The van der Waals surface area contributed by atoms with Crippen molar-refractivity contribution in [2.75, 3.05) is 0 Å². The summed E-state index contributed by atoms with van der Waals surface area (Å²) in [6.07, 6.45) is 2.28. The van der Waals surface area contributed by atoms with E-state index >= 15 is 0 Å².